The molecule has 0 heterocycles. The smallest absolute Gasteiger partial charge is 0.0207 e. The summed E-state index contributed by atoms with van der Waals surface area (Å²) in [4.78, 5) is 0. The zero-order chi connectivity index (χ0) is 9.10. The summed E-state index contributed by atoms with van der Waals surface area (Å²) < 4.78 is 1.28. The molecule has 1 aromatic carbocycles. The summed E-state index contributed by atoms with van der Waals surface area (Å²) in [5.74, 6) is 0.943. The molecule has 1 saturated carbocycles. The number of hydrogen-bond donors (Lipinski definition) is 0. The molecule has 13 heavy (non-hydrogen) atoms. The lowest BCUT2D eigenvalue weighted by molar-refractivity contribution is 0.545. The summed E-state index contributed by atoms with van der Waals surface area (Å²) in [5, 5.41) is 0. The summed E-state index contributed by atoms with van der Waals surface area (Å²) >= 11 is 3.60. The van der Waals surface area contributed by atoms with Gasteiger partial charge in [0.15, 0.2) is 0 Å². The third kappa shape index (κ3) is 2.34. The molecular formula is C12H15Br. The van der Waals surface area contributed by atoms with Crippen molar-refractivity contribution in [1.82, 2.24) is 0 Å². The zero-order valence-electron chi connectivity index (χ0n) is 7.80. The molecule has 1 aliphatic carbocycles. The van der Waals surface area contributed by atoms with Crippen molar-refractivity contribution in [2.24, 2.45) is 5.92 Å². The van der Waals surface area contributed by atoms with Crippen LogP contribution in [0.25, 0.3) is 0 Å². The molecule has 0 spiro atoms. The monoisotopic (exact) mass is 238 g/mol. The van der Waals surface area contributed by atoms with E-state index in [1.165, 1.54) is 42.1 Å². The van der Waals surface area contributed by atoms with Crippen LogP contribution in [0, 0.1) is 5.92 Å². The molecule has 0 N–H and O–H groups in total. The summed E-state index contributed by atoms with van der Waals surface area (Å²) in [6.07, 6.45) is 7.01. The van der Waals surface area contributed by atoms with Crippen molar-refractivity contribution in [2.75, 3.05) is 0 Å². The maximum atomic E-state index is 3.60. The molecule has 0 amide bonds. The van der Waals surface area contributed by atoms with Crippen LogP contribution in [0.2, 0.25) is 0 Å². The molecule has 1 aliphatic rings. The standard InChI is InChI=1S/C12H15Br/c13-12-8-4-3-7-11(12)9-10-5-1-2-6-10/h3-4,7-8,10H,1-2,5-6,9H2. The van der Waals surface area contributed by atoms with Crippen molar-refractivity contribution in [2.45, 2.75) is 32.1 Å². The third-order valence-corrected chi connectivity index (χ3v) is 3.71. The summed E-state index contributed by atoms with van der Waals surface area (Å²) in [7, 11) is 0. The summed E-state index contributed by atoms with van der Waals surface area (Å²) in [5.41, 5.74) is 1.48. The Morgan fingerprint density at radius 2 is 1.85 bits per heavy atom. The average Bonchev–Trinajstić information content (AvgIpc) is 2.61. The zero-order valence-corrected chi connectivity index (χ0v) is 9.39. The van der Waals surface area contributed by atoms with Crippen LogP contribution >= 0.6 is 15.9 Å². The normalized spacial score (nSPS) is 17.9. The predicted molar refractivity (Wildman–Crippen MR) is 59.8 cm³/mol. The van der Waals surface area contributed by atoms with E-state index in [4.69, 9.17) is 0 Å². The van der Waals surface area contributed by atoms with Crippen molar-refractivity contribution in [3.8, 4) is 0 Å². The Morgan fingerprint density at radius 3 is 2.54 bits per heavy atom. The minimum Gasteiger partial charge on any atom is -0.0619 e. The van der Waals surface area contributed by atoms with Gasteiger partial charge in [0.2, 0.25) is 0 Å². The van der Waals surface area contributed by atoms with Gasteiger partial charge in [0.05, 0.1) is 0 Å². The Labute approximate surface area is 88.5 Å². The topological polar surface area (TPSA) is 0 Å². The van der Waals surface area contributed by atoms with Crippen molar-refractivity contribution in [3.05, 3.63) is 34.3 Å². The lowest BCUT2D eigenvalue weighted by Crippen LogP contribution is -1.98. The van der Waals surface area contributed by atoms with Gasteiger partial charge in [0.25, 0.3) is 0 Å². The van der Waals surface area contributed by atoms with Crippen LogP contribution < -0.4 is 0 Å². The van der Waals surface area contributed by atoms with E-state index in [2.05, 4.69) is 40.2 Å². The highest BCUT2D eigenvalue weighted by Gasteiger charge is 2.15. The van der Waals surface area contributed by atoms with E-state index in [1.807, 2.05) is 0 Å². The van der Waals surface area contributed by atoms with Crippen molar-refractivity contribution in [1.29, 1.82) is 0 Å². The van der Waals surface area contributed by atoms with Crippen LogP contribution in [0.15, 0.2) is 28.7 Å². The maximum absolute atomic E-state index is 3.60. The molecule has 0 nitrogen and oxygen atoms in total. The van der Waals surface area contributed by atoms with Crippen LogP contribution in [0.5, 0.6) is 0 Å². The van der Waals surface area contributed by atoms with Gasteiger partial charge in [-0.05, 0) is 24.0 Å². The van der Waals surface area contributed by atoms with Gasteiger partial charge in [-0.1, -0.05) is 59.8 Å². The fourth-order valence-corrected chi connectivity index (χ4v) is 2.64. The van der Waals surface area contributed by atoms with Crippen LogP contribution in [-0.2, 0) is 6.42 Å². The molecule has 0 aromatic heterocycles. The van der Waals surface area contributed by atoms with E-state index in [-0.39, 0.29) is 0 Å². The molecule has 0 unspecified atom stereocenters. The second kappa shape index (κ2) is 4.28. The highest BCUT2D eigenvalue weighted by molar-refractivity contribution is 9.10. The van der Waals surface area contributed by atoms with Gasteiger partial charge in [-0.2, -0.15) is 0 Å². The van der Waals surface area contributed by atoms with E-state index in [0.717, 1.165) is 5.92 Å². The van der Waals surface area contributed by atoms with Gasteiger partial charge in [0.1, 0.15) is 0 Å². The Hall–Kier alpha value is -0.300. The fourth-order valence-electron chi connectivity index (χ4n) is 2.19. The number of benzene rings is 1. The summed E-state index contributed by atoms with van der Waals surface area (Å²) in [6, 6.07) is 8.60. The molecule has 1 aromatic rings. The molecule has 1 fully saturated rings. The van der Waals surface area contributed by atoms with Gasteiger partial charge < -0.3 is 0 Å². The lowest BCUT2D eigenvalue weighted by atomic mass is 9.98. The van der Waals surface area contributed by atoms with E-state index in [9.17, 15) is 0 Å². The van der Waals surface area contributed by atoms with E-state index < -0.39 is 0 Å². The Bertz CT molecular complexity index is 274. The summed E-state index contributed by atoms with van der Waals surface area (Å²) in [6.45, 7) is 0. The highest BCUT2D eigenvalue weighted by Crippen LogP contribution is 2.30. The van der Waals surface area contributed by atoms with Crippen molar-refractivity contribution < 1.29 is 0 Å². The minimum absolute atomic E-state index is 0.943. The van der Waals surface area contributed by atoms with Crippen molar-refractivity contribution in [3.63, 3.8) is 0 Å². The Morgan fingerprint density at radius 1 is 1.15 bits per heavy atom. The van der Waals surface area contributed by atoms with Gasteiger partial charge in [-0.25, -0.2) is 0 Å². The first-order valence-corrected chi connectivity index (χ1v) is 5.89. The molecule has 0 aliphatic heterocycles. The van der Waals surface area contributed by atoms with Gasteiger partial charge in [-0.3, -0.25) is 0 Å². The molecule has 0 atom stereocenters. The molecule has 70 valence electrons. The first-order chi connectivity index (χ1) is 6.36. The van der Waals surface area contributed by atoms with Gasteiger partial charge >= 0.3 is 0 Å². The Kier molecular flexibility index (Phi) is 3.05. The first-order valence-electron chi connectivity index (χ1n) is 5.09. The number of halogens is 1. The van der Waals surface area contributed by atoms with E-state index in [1.54, 1.807) is 0 Å². The van der Waals surface area contributed by atoms with Gasteiger partial charge in [-0.15, -0.1) is 0 Å². The largest absolute Gasteiger partial charge is 0.0619 e. The minimum atomic E-state index is 0.943. The fraction of sp³-hybridized carbons (Fsp3) is 0.500. The SMILES string of the molecule is Brc1ccccc1CC1CCCC1. The molecule has 2 rings (SSSR count). The maximum Gasteiger partial charge on any atom is 0.0207 e. The molecule has 0 radical (unpaired) electrons. The predicted octanol–water partition coefficient (Wildman–Crippen LogP) is 4.18. The quantitative estimate of drug-likeness (QED) is 0.726. The molecule has 1 heteroatoms. The average molecular weight is 239 g/mol. The van der Waals surface area contributed by atoms with Crippen LogP contribution in [0.1, 0.15) is 31.2 Å². The van der Waals surface area contributed by atoms with Crippen LogP contribution in [0.3, 0.4) is 0 Å². The molecule has 0 saturated heterocycles. The molecular weight excluding hydrogens is 224 g/mol. The Balaban J connectivity index is 2.04. The van der Waals surface area contributed by atoms with Crippen LogP contribution in [0.4, 0.5) is 0 Å². The van der Waals surface area contributed by atoms with E-state index in [0.29, 0.717) is 0 Å². The van der Waals surface area contributed by atoms with E-state index >= 15 is 0 Å². The number of hydrogen-bond acceptors (Lipinski definition) is 0. The third-order valence-electron chi connectivity index (χ3n) is 2.94. The first kappa shape index (κ1) is 9.26. The second-order valence-corrected chi connectivity index (χ2v) is 4.80. The van der Waals surface area contributed by atoms with Crippen molar-refractivity contribution >= 4 is 15.9 Å². The van der Waals surface area contributed by atoms with Crippen LogP contribution in [-0.4, -0.2) is 0 Å². The van der Waals surface area contributed by atoms with Gasteiger partial charge in [0, 0.05) is 4.47 Å². The second-order valence-electron chi connectivity index (χ2n) is 3.95. The highest BCUT2D eigenvalue weighted by atomic mass is 79.9. The molecule has 0 bridgehead atoms. The lowest BCUT2D eigenvalue weighted by Gasteiger charge is -2.09. The number of rotatable bonds is 2.